The SMILES string of the molecule is C=C(Br)Cn1c(CNC(=O)c2cc(OC)c(OC)c(OC)c2)nc2ccccc21. The lowest BCUT2D eigenvalue weighted by molar-refractivity contribution is 0.0948. The van der Waals surface area contributed by atoms with Gasteiger partial charge in [-0.1, -0.05) is 34.6 Å². The second-order valence-electron chi connectivity index (χ2n) is 6.22. The molecule has 2 aromatic carbocycles. The van der Waals surface area contributed by atoms with Gasteiger partial charge in [-0.2, -0.15) is 0 Å². The first-order chi connectivity index (χ1) is 14.0. The largest absolute Gasteiger partial charge is 0.493 e. The molecule has 7 nitrogen and oxygen atoms in total. The minimum Gasteiger partial charge on any atom is -0.493 e. The van der Waals surface area contributed by atoms with Crippen molar-refractivity contribution < 1.29 is 19.0 Å². The summed E-state index contributed by atoms with van der Waals surface area (Å²) in [4.78, 5) is 17.4. The molecule has 0 spiro atoms. The van der Waals surface area contributed by atoms with E-state index in [1.807, 2.05) is 28.8 Å². The van der Waals surface area contributed by atoms with E-state index < -0.39 is 0 Å². The molecule has 3 aromatic rings. The quantitative estimate of drug-likeness (QED) is 0.552. The van der Waals surface area contributed by atoms with Crippen LogP contribution in [0, 0.1) is 0 Å². The van der Waals surface area contributed by atoms with Crippen LogP contribution in [0.2, 0.25) is 0 Å². The van der Waals surface area contributed by atoms with Crippen LogP contribution >= 0.6 is 15.9 Å². The molecule has 0 saturated carbocycles. The highest BCUT2D eigenvalue weighted by molar-refractivity contribution is 9.11. The molecule has 0 atom stereocenters. The molecule has 152 valence electrons. The molecule has 0 saturated heterocycles. The number of methoxy groups -OCH3 is 3. The van der Waals surface area contributed by atoms with Crippen molar-refractivity contribution in [2.75, 3.05) is 21.3 Å². The molecule has 1 N–H and O–H groups in total. The zero-order valence-corrected chi connectivity index (χ0v) is 18.1. The Kier molecular flexibility index (Phi) is 6.43. The number of carbonyl (C=O) groups excluding carboxylic acids is 1. The highest BCUT2D eigenvalue weighted by atomic mass is 79.9. The van der Waals surface area contributed by atoms with Gasteiger partial charge in [0.15, 0.2) is 11.5 Å². The second kappa shape index (κ2) is 9.00. The molecule has 1 amide bonds. The fourth-order valence-corrected chi connectivity index (χ4v) is 3.33. The third-order valence-corrected chi connectivity index (χ3v) is 4.65. The first kappa shape index (κ1) is 20.7. The normalized spacial score (nSPS) is 10.6. The molecule has 0 aliphatic heterocycles. The predicted molar refractivity (Wildman–Crippen MR) is 115 cm³/mol. The summed E-state index contributed by atoms with van der Waals surface area (Å²) in [6.07, 6.45) is 0. The molecule has 0 radical (unpaired) electrons. The van der Waals surface area contributed by atoms with Crippen LogP contribution in [-0.2, 0) is 13.1 Å². The molecular weight excluding hydrogens is 438 g/mol. The number of amides is 1. The van der Waals surface area contributed by atoms with E-state index in [0.717, 1.165) is 21.3 Å². The van der Waals surface area contributed by atoms with Gasteiger partial charge in [-0.25, -0.2) is 4.98 Å². The number of hydrogen-bond donors (Lipinski definition) is 1. The van der Waals surface area contributed by atoms with E-state index >= 15 is 0 Å². The van der Waals surface area contributed by atoms with E-state index in [1.54, 1.807) is 12.1 Å². The van der Waals surface area contributed by atoms with Gasteiger partial charge in [-0.05, 0) is 24.3 Å². The summed E-state index contributed by atoms with van der Waals surface area (Å²) in [6, 6.07) is 11.0. The van der Waals surface area contributed by atoms with Crippen LogP contribution in [0.3, 0.4) is 0 Å². The van der Waals surface area contributed by atoms with E-state index in [1.165, 1.54) is 21.3 Å². The van der Waals surface area contributed by atoms with E-state index in [0.29, 0.717) is 29.4 Å². The van der Waals surface area contributed by atoms with Crippen LogP contribution in [-0.4, -0.2) is 36.8 Å². The molecule has 29 heavy (non-hydrogen) atoms. The average molecular weight is 460 g/mol. The number of aromatic nitrogens is 2. The summed E-state index contributed by atoms with van der Waals surface area (Å²) in [7, 11) is 4.53. The number of halogens is 1. The Morgan fingerprint density at radius 1 is 1.14 bits per heavy atom. The molecule has 0 aliphatic rings. The second-order valence-corrected chi connectivity index (χ2v) is 7.34. The Bertz CT molecular complexity index is 1040. The van der Waals surface area contributed by atoms with Crippen molar-refractivity contribution in [1.82, 2.24) is 14.9 Å². The zero-order chi connectivity index (χ0) is 21.0. The minimum atomic E-state index is -0.277. The van der Waals surface area contributed by atoms with Gasteiger partial charge in [0.2, 0.25) is 5.75 Å². The van der Waals surface area contributed by atoms with E-state index in [-0.39, 0.29) is 12.5 Å². The first-order valence-corrected chi connectivity index (χ1v) is 9.63. The monoisotopic (exact) mass is 459 g/mol. The van der Waals surface area contributed by atoms with Crippen LogP contribution in [0.4, 0.5) is 0 Å². The van der Waals surface area contributed by atoms with Crippen molar-refractivity contribution in [2.24, 2.45) is 0 Å². The smallest absolute Gasteiger partial charge is 0.251 e. The Labute approximate surface area is 177 Å². The van der Waals surface area contributed by atoms with Gasteiger partial charge < -0.3 is 24.1 Å². The lowest BCUT2D eigenvalue weighted by Crippen LogP contribution is -2.25. The van der Waals surface area contributed by atoms with Crippen molar-refractivity contribution in [2.45, 2.75) is 13.1 Å². The lowest BCUT2D eigenvalue weighted by Gasteiger charge is -2.14. The van der Waals surface area contributed by atoms with Gasteiger partial charge in [0, 0.05) is 10.0 Å². The summed E-state index contributed by atoms with van der Waals surface area (Å²) in [5.41, 5.74) is 2.23. The number of nitrogens with one attached hydrogen (secondary N) is 1. The summed E-state index contributed by atoms with van der Waals surface area (Å²) in [5.74, 6) is 1.72. The van der Waals surface area contributed by atoms with Gasteiger partial charge >= 0.3 is 0 Å². The number of ether oxygens (including phenoxy) is 3. The Morgan fingerprint density at radius 3 is 2.38 bits per heavy atom. The Balaban J connectivity index is 1.87. The fraction of sp³-hybridized carbons (Fsp3) is 0.238. The maximum Gasteiger partial charge on any atom is 0.251 e. The van der Waals surface area contributed by atoms with Crippen LogP contribution in [0.15, 0.2) is 47.5 Å². The van der Waals surface area contributed by atoms with Crippen molar-refractivity contribution >= 4 is 32.9 Å². The maximum atomic E-state index is 12.8. The molecule has 0 aliphatic carbocycles. The number of fused-ring (bicyclic) bond motifs is 1. The minimum absolute atomic E-state index is 0.254. The van der Waals surface area contributed by atoms with E-state index in [4.69, 9.17) is 14.2 Å². The van der Waals surface area contributed by atoms with Gasteiger partial charge in [-0.3, -0.25) is 4.79 Å². The summed E-state index contributed by atoms with van der Waals surface area (Å²) in [6.45, 7) is 4.72. The van der Waals surface area contributed by atoms with Gasteiger partial charge in [0.1, 0.15) is 5.82 Å². The summed E-state index contributed by atoms with van der Waals surface area (Å²) < 4.78 is 18.8. The highest BCUT2D eigenvalue weighted by Gasteiger charge is 2.18. The fourth-order valence-electron chi connectivity index (χ4n) is 3.08. The molecular formula is C21H22BrN3O4. The summed E-state index contributed by atoms with van der Waals surface area (Å²) in [5, 5.41) is 2.91. The number of nitrogens with zero attached hydrogens (tertiary/aromatic N) is 2. The Morgan fingerprint density at radius 2 is 1.79 bits per heavy atom. The lowest BCUT2D eigenvalue weighted by atomic mass is 10.1. The number of allylic oxidation sites excluding steroid dienone is 1. The van der Waals surface area contributed by atoms with Gasteiger partial charge in [0.05, 0.1) is 45.5 Å². The predicted octanol–water partition coefficient (Wildman–Crippen LogP) is 3.90. The molecule has 0 fully saturated rings. The van der Waals surface area contributed by atoms with Crippen molar-refractivity contribution in [3.63, 3.8) is 0 Å². The Hall–Kier alpha value is -3.00. The standard InChI is InChI=1S/C21H22BrN3O4/c1-13(22)12-25-16-8-6-5-7-15(16)24-19(25)11-23-21(26)14-9-17(27-2)20(29-4)18(10-14)28-3/h5-10H,1,11-12H2,2-4H3,(H,23,26). The third-order valence-electron chi connectivity index (χ3n) is 4.40. The molecule has 1 aromatic heterocycles. The number of hydrogen-bond acceptors (Lipinski definition) is 5. The molecule has 0 bridgehead atoms. The first-order valence-electron chi connectivity index (χ1n) is 8.84. The van der Waals surface area contributed by atoms with Crippen LogP contribution in [0.1, 0.15) is 16.2 Å². The number of imidazole rings is 1. The van der Waals surface area contributed by atoms with Gasteiger partial charge in [0.25, 0.3) is 5.91 Å². The average Bonchev–Trinajstić information content (AvgIpc) is 3.07. The van der Waals surface area contributed by atoms with Gasteiger partial charge in [-0.15, -0.1) is 0 Å². The molecule has 0 unspecified atom stereocenters. The number of para-hydroxylation sites is 2. The van der Waals surface area contributed by atoms with Crippen LogP contribution in [0.25, 0.3) is 11.0 Å². The van der Waals surface area contributed by atoms with Crippen molar-refractivity contribution in [3.05, 3.63) is 58.8 Å². The van der Waals surface area contributed by atoms with Crippen LogP contribution in [0.5, 0.6) is 17.2 Å². The maximum absolute atomic E-state index is 12.8. The molecule has 8 heteroatoms. The molecule has 1 heterocycles. The van der Waals surface area contributed by atoms with Crippen molar-refractivity contribution in [3.8, 4) is 17.2 Å². The van der Waals surface area contributed by atoms with E-state index in [9.17, 15) is 4.79 Å². The zero-order valence-electron chi connectivity index (χ0n) is 16.5. The third kappa shape index (κ3) is 4.37. The van der Waals surface area contributed by atoms with Crippen LogP contribution < -0.4 is 19.5 Å². The molecule has 3 rings (SSSR count). The topological polar surface area (TPSA) is 74.6 Å². The van der Waals surface area contributed by atoms with E-state index in [2.05, 4.69) is 32.8 Å². The van der Waals surface area contributed by atoms with Crippen molar-refractivity contribution in [1.29, 1.82) is 0 Å². The highest BCUT2D eigenvalue weighted by Crippen LogP contribution is 2.38. The number of benzene rings is 2. The number of rotatable bonds is 8. The number of carbonyl (C=O) groups is 1. The summed E-state index contributed by atoms with van der Waals surface area (Å²) >= 11 is 3.41.